The Balaban J connectivity index is 5.51. The molecule has 0 bridgehead atoms. The predicted octanol–water partition coefficient (Wildman–Crippen LogP) is 2.38. The van der Waals surface area contributed by atoms with Crippen molar-refractivity contribution in [2.24, 2.45) is 5.41 Å². The zero-order valence-electron chi connectivity index (χ0n) is 9.93. The molecule has 0 fully saturated rings. The highest BCUT2D eigenvalue weighted by molar-refractivity contribution is 7.95. The number of hydrogen-bond donors (Lipinski definition) is 0. The summed E-state index contributed by atoms with van der Waals surface area (Å²) < 4.78 is 21.8. The Morgan fingerprint density at radius 3 is 1.80 bits per heavy atom. The van der Waals surface area contributed by atoms with Crippen molar-refractivity contribution in [1.29, 1.82) is 0 Å². The van der Waals surface area contributed by atoms with E-state index in [0.717, 1.165) is 0 Å². The van der Waals surface area contributed by atoms with Crippen LogP contribution in [0.5, 0.6) is 0 Å². The smallest absolute Gasteiger partial charge is 0.203 e. The van der Waals surface area contributed by atoms with Gasteiger partial charge in [0.1, 0.15) is 0 Å². The number of hydrogen-bond acceptors (Lipinski definition) is 3. The first-order valence-corrected chi connectivity index (χ1v) is 7.02. The molecule has 0 saturated carbocycles. The van der Waals surface area contributed by atoms with Gasteiger partial charge in [0.05, 0.1) is 0 Å². The van der Waals surface area contributed by atoms with Crippen molar-refractivity contribution >= 4 is 27.2 Å². The van der Waals surface area contributed by atoms with Gasteiger partial charge in [-0.25, -0.2) is 8.42 Å². The molecular formula is C10H19ClO3S. The van der Waals surface area contributed by atoms with E-state index in [1.165, 1.54) is 6.92 Å². The minimum absolute atomic E-state index is 0.0980. The molecule has 15 heavy (non-hydrogen) atoms. The summed E-state index contributed by atoms with van der Waals surface area (Å²) in [5.74, 6) is -0.549. The maximum Gasteiger partial charge on any atom is 0.203 e. The van der Waals surface area contributed by atoms with Gasteiger partial charge in [-0.15, -0.1) is 0 Å². The third kappa shape index (κ3) is 2.72. The van der Waals surface area contributed by atoms with E-state index in [2.05, 4.69) is 0 Å². The van der Waals surface area contributed by atoms with Crippen molar-refractivity contribution in [3.05, 3.63) is 0 Å². The van der Waals surface area contributed by atoms with Crippen LogP contribution in [0.1, 0.15) is 41.0 Å². The van der Waals surface area contributed by atoms with E-state index in [9.17, 15) is 13.2 Å². The molecular weight excluding hydrogens is 236 g/mol. The Bertz CT molecular complexity index is 340. The van der Waals surface area contributed by atoms with Gasteiger partial charge < -0.3 is 0 Å². The van der Waals surface area contributed by atoms with Crippen LogP contribution in [0.4, 0.5) is 0 Å². The predicted molar refractivity (Wildman–Crippen MR) is 62.8 cm³/mol. The fourth-order valence-electron chi connectivity index (χ4n) is 1.31. The van der Waals surface area contributed by atoms with Gasteiger partial charge in [-0.1, -0.05) is 46.2 Å². The fraction of sp³-hybridized carbons (Fsp3) is 0.900. The van der Waals surface area contributed by atoms with E-state index in [-0.39, 0.29) is 12.2 Å². The number of carbonyl (C=O) groups excluding carboxylic acids is 1. The summed E-state index contributed by atoms with van der Waals surface area (Å²) in [6, 6.07) is 0. The zero-order valence-corrected chi connectivity index (χ0v) is 11.5. The van der Waals surface area contributed by atoms with E-state index < -0.39 is 25.2 Å². The lowest BCUT2D eigenvalue weighted by Gasteiger charge is -2.30. The molecule has 0 aliphatic rings. The number of carbonyl (C=O) groups is 1. The van der Waals surface area contributed by atoms with Crippen LogP contribution in [0.15, 0.2) is 0 Å². The molecule has 0 heterocycles. The molecule has 0 radical (unpaired) electrons. The Morgan fingerprint density at radius 2 is 1.60 bits per heavy atom. The third-order valence-electron chi connectivity index (χ3n) is 2.35. The summed E-state index contributed by atoms with van der Waals surface area (Å²) >= 11 is 6.01. The number of alkyl halides is 1. The molecule has 0 amide bonds. The normalized spacial score (nSPS) is 17.2. The van der Waals surface area contributed by atoms with Crippen molar-refractivity contribution in [2.75, 3.05) is 5.75 Å². The fourth-order valence-corrected chi connectivity index (χ4v) is 3.41. The minimum atomic E-state index is -3.58. The first-order chi connectivity index (χ1) is 6.53. The maximum atomic E-state index is 12.0. The number of Topliss-reactive ketones (excluding diaryl/α,β-unsaturated/α-hetero) is 1. The highest BCUT2D eigenvalue weighted by Gasteiger charge is 2.50. The van der Waals surface area contributed by atoms with Gasteiger partial charge in [0, 0.05) is 11.2 Å². The SMILES string of the molecule is CCC(Cl)(C(=O)C(C)(C)C)S(=O)(=O)CC. The van der Waals surface area contributed by atoms with E-state index >= 15 is 0 Å². The van der Waals surface area contributed by atoms with Crippen molar-refractivity contribution in [1.82, 2.24) is 0 Å². The molecule has 0 aromatic rings. The van der Waals surface area contributed by atoms with E-state index in [0.29, 0.717) is 0 Å². The number of halogens is 1. The van der Waals surface area contributed by atoms with Gasteiger partial charge >= 0.3 is 0 Å². The lowest BCUT2D eigenvalue weighted by Crippen LogP contribution is -2.47. The number of sulfone groups is 1. The topological polar surface area (TPSA) is 51.2 Å². The average Bonchev–Trinajstić information content (AvgIpc) is 2.13. The zero-order chi connectivity index (χ0) is 12.5. The van der Waals surface area contributed by atoms with Crippen molar-refractivity contribution in [3.63, 3.8) is 0 Å². The Hall–Kier alpha value is -0.0900. The monoisotopic (exact) mass is 254 g/mol. The summed E-state index contributed by atoms with van der Waals surface area (Å²) in [6.45, 7) is 8.13. The highest BCUT2D eigenvalue weighted by Crippen LogP contribution is 2.35. The Morgan fingerprint density at radius 1 is 1.20 bits per heavy atom. The van der Waals surface area contributed by atoms with Crippen LogP contribution < -0.4 is 0 Å². The first kappa shape index (κ1) is 14.9. The molecule has 1 atom stereocenters. The molecule has 0 aromatic carbocycles. The van der Waals surface area contributed by atoms with E-state index in [4.69, 9.17) is 11.6 Å². The second-order valence-electron chi connectivity index (χ2n) is 4.56. The molecule has 1 unspecified atom stereocenters. The second kappa shape index (κ2) is 4.42. The Labute approximate surface area is 97.1 Å². The molecule has 0 aromatic heterocycles. The molecule has 90 valence electrons. The van der Waals surface area contributed by atoms with Crippen LogP contribution in [0.3, 0.4) is 0 Å². The van der Waals surface area contributed by atoms with Crippen LogP contribution >= 0.6 is 11.6 Å². The second-order valence-corrected chi connectivity index (χ2v) is 7.94. The number of rotatable bonds is 4. The lowest BCUT2D eigenvalue weighted by molar-refractivity contribution is -0.127. The summed E-state index contributed by atoms with van der Waals surface area (Å²) in [5.41, 5.74) is -0.750. The van der Waals surface area contributed by atoms with E-state index in [1.807, 2.05) is 0 Å². The van der Waals surface area contributed by atoms with Gasteiger partial charge in [0.15, 0.2) is 15.6 Å². The van der Waals surface area contributed by atoms with Gasteiger partial charge in [-0.05, 0) is 6.42 Å². The van der Waals surface area contributed by atoms with Gasteiger partial charge in [-0.3, -0.25) is 4.79 Å². The molecule has 0 spiro atoms. The van der Waals surface area contributed by atoms with Crippen LogP contribution in [0.25, 0.3) is 0 Å². The quantitative estimate of drug-likeness (QED) is 0.724. The average molecular weight is 255 g/mol. The lowest BCUT2D eigenvalue weighted by atomic mass is 9.88. The molecule has 5 heteroatoms. The van der Waals surface area contributed by atoms with Crippen LogP contribution in [-0.2, 0) is 14.6 Å². The van der Waals surface area contributed by atoms with Crippen LogP contribution in [-0.4, -0.2) is 24.2 Å². The van der Waals surface area contributed by atoms with Gasteiger partial charge in [0.2, 0.25) is 4.21 Å². The summed E-state index contributed by atoms with van der Waals surface area (Å²) in [7, 11) is -3.58. The van der Waals surface area contributed by atoms with Crippen LogP contribution in [0.2, 0.25) is 0 Å². The molecule has 3 nitrogen and oxygen atoms in total. The van der Waals surface area contributed by atoms with Gasteiger partial charge in [-0.2, -0.15) is 0 Å². The third-order valence-corrected chi connectivity index (χ3v) is 5.71. The first-order valence-electron chi connectivity index (χ1n) is 4.99. The maximum absolute atomic E-state index is 12.0. The highest BCUT2D eigenvalue weighted by atomic mass is 35.5. The molecule has 0 aliphatic carbocycles. The molecule has 0 saturated heterocycles. The van der Waals surface area contributed by atoms with Crippen molar-refractivity contribution < 1.29 is 13.2 Å². The van der Waals surface area contributed by atoms with Crippen LogP contribution in [0, 0.1) is 5.41 Å². The Kier molecular flexibility index (Phi) is 4.39. The number of ketones is 1. The van der Waals surface area contributed by atoms with Gasteiger partial charge in [0.25, 0.3) is 0 Å². The van der Waals surface area contributed by atoms with Crippen molar-refractivity contribution in [3.8, 4) is 0 Å². The largest absolute Gasteiger partial charge is 0.296 e. The molecule has 0 N–H and O–H groups in total. The minimum Gasteiger partial charge on any atom is -0.296 e. The van der Waals surface area contributed by atoms with Crippen molar-refractivity contribution in [2.45, 2.75) is 45.2 Å². The van der Waals surface area contributed by atoms with E-state index in [1.54, 1.807) is 27.7 Å². The summed E-state index contributed by atoms with van der Waals surface area (Å²) in [4.78, 5) is 12.0. The molecule has 0 aliphatic heterocycles. The molecule has 0 rings (SSSR count). The standard InChI is InChI=1S/C10H19ClO3S/c1-6-10(11,15(13,14)7-2)8(12)9(3,4)5/h6-7H2,1-5H3. The summed E-state index contributed by atoms with van der Waals surface area (Å²) in [5, 5.41) is 0. The summed E-state index contributed by atoms with van der Waals surface area (Å²) in [6.07, 6.45) is 0.0980.